The Balaban J connectivity index is 2.19. The van der Waals surface area contributed by atoms with Crippen LogP contribution >= 0.6 is 0 Å². The first-order valence-electron chi connectivity index (χ1n) is 6.05. The molecule has 0 saturated heterocycles. The lowest BCUT2D eigenvalue weighted by molar-refractivity contribution is 0.584. The molecule has 102 valence electrons. The molecule has 0 radical (unpaired) electrons. The molecule has 20 heavy (non-hydrogen) atoms. The van der Waals surface area contributed by atoms with Gasteiger partial charge in [-0.1, -0.05) is 36.4 Å². The fourth-order valence-corrected chi connectivity index (χ4v) is 2.99. The Labute approximate surface area is 116 Å². The van der Waals surface area contributed by atoms with Gasteiger partial charge in [-0.05, 0) is 16.8 Å². The van der Waals surface area contributed by atoms with Crippen molar-refractivity contribution < 1.29 is 8.42 Å². The predicted octanol–water partition coefficient (Wildman–Crippen LogP) is 2.04. The first kappa shape index (κ1) is 12.8. The Morgan fingerprint density at radius 2 is 1.70 bits per heavy atom. The highest BCUT2D eigenvalue weighted by molar-refractivity contribution is 7.90. The van der Waals surface area contributed by atoms with Crippen LogP contribution in [0.4, 0.5) is 0 Å². The smallest absolute Gasteiger partial charge is 0.249 e. The number of rotatable bonds is 2. The molecule has 1 aromatic heterocycles. The number of hydrogen-bond acceptors (Lipinski definition) is 4. The quantitative estimate of drug-likeness (QED) is 0.723. The largest absolute Gasteiger partial charge is 0.301 e. The van der Waals surface area contributed by atoms with Gasteiger partial charge in [-0.2, -0.15) is 0 Å². The summed E-state index contributed by atoms with van der Waals surface area (Å²) in [4.78, 5) is 0. The molecule has 0 bridgehead atoms. The number of aromatic nitrogens is 3. The van der Waals surface area contributed by atoms with E-state index in [1.165, 1.54) is 4.57 Å². The van der Waals surface area contributed by atoms with Crippen LogP contribution in [0.2, 0.25) is 0 Å². The first-order chi connectivity index (χ1) is 9.47. The van der Waals surface area contributed by atoms with E-state index < -0.39 is 9.84 Å². The zero-order chi connectivity index (χ0) is 14.3. The van der Waals surface area contributed by atoms with Crippen LogP contribution in [0.25, 0.3) is 22.2 Å². The van der Waals surface area contributed by atoms with E-state index in [4.69, 9.17) is 0 Å². The number of fused-ring (bicyclic) bond motifs is 1. The number of nitrogens with zero attached hydrogens (tertiary/aromatic N) is 3. The van der Waals surface area contributed by atoms with Gasteiger partial charge >= 0.3 is 0 Å². The SMILES string of the molecule is Cn1c(-c2ccc3ccccc3c2)nnc1S(C)(=O)=O. The number of hydrogen-bond donors (Lipinski definition) is 0. The summed E-state index contributed by atoms with van der Waals surface area (Å²) in [7, 11) is -1.72. The summed E-state index contributed by atoms with van der Waals surface area (Å²) in [6.45, 7) is 0. The van der Waals surface area contributed by atoms with Crippen molar-refractivity contribution in [1.82, 2.24) is 14.8 Å². The molecule has 0 unspecified atom stereocenters. The van der Waals surface area contributed by atoms with E-state index in [-0.39, 0.29) is 5.16 Å². The molecule has 1 heterocycles. The monoisotopic (exact) mass is 287 g/mol. The molecule has 0 aliphatic rings. The highest BCUT2D eigenvalue weighted by atomic mass is 32.2. The van der Waals surface area contributed by atoms with Crippen LogP contribution in [0.15, 0.2) is 47.6 Å². The van der Waals surface area contributed by atoms with Crippen LogP contribution in [0.1, 0.15) is 0 Å². The van der Waals surface area contributed by atoms with Crippen LogP contribution < -0.4 is 0 Å². The van der Waals surface area contributed by atoms with E-state index in [0.29, 0.717) is 5.82 Å². The summed E-state index contributed by atoms with van der Waals surface area (Å²) in [5.74, 6) is 0.538. The van der Waals surface area contributed by atoms with Crippen molar-refractivity contribution in [3.05, 3.63) is 42.5 Å². The molecule has 3 rings (SSSR count). The second-order valence-electron chi connectivity index (χ2n) is 4.70. The molecule has 0 spiro atoms. The van der Waals surface area contributed by atoms with Gasteiger partial charge in [0.15, 0.2) is 5.82 Å². The van der Waals surface area contributed by atoms with Gasteiger partial charge in [0.25, 0.3) is 0 Å². The Hall–Kier alpha value is -2.21. The minimum atomic E-state index is -3.37. The summed E-state index contributed by atoms with van der Waals surface area (Å²) in [6, 6.07) is 13.9. The maximum Gasteiger partial charge on any atom is 0.249 e. The van der Waals surface area contributed by atoms with Crippen molar-refractivity contribution in [3.8, 4) is 11.4 Å². The second kappa shape index (κ2) is 4.42. The minimum absolute atomic E-state index is 0.0272. The van der Waals surface area contributed by atoms with E-state index in [2.05, 4.69) is 10.2 Å². The Kier molecular flexibility index (Phi) is 2.83. The van der Waals surface area contributed by atoms with Gasteiger partial charge < -0.3 is 4.57 Å². The summed E-state index contributed by atoms with van der Waals surface area (Å²) >= 11 is 0. The van der Waals surface area contributed by atoms with Crippen LogP contribution in [0.5, 0.6) is 0 Å². The lowest BCUT2D eigenvalue weighted by atomic mass is 10.1. The standard InChI is InChI=1S/C14H13N3O2S/c1-17-13(15-16-14(17)20(2,18)19)12-8-7-10-5-3-4-6-11(10)9-12/h3-9H,1-2H3. The van der Waals surface area contributed by atoms with Crippen LogP contribution in [-0.2, 0) is 16.9 Å². The summed E-state index contributed by atoms with van der Waals surface area (Å²) in [5, 5.41) is 9.94. The molecule has 0 amide bonds. The van der Waals surface area contributed by atoms with E-state index in [1.807, 2.05) is 42.5 Å². The molecule has 5 nitrogen and oxygen atoms in total. The molecule has 6 heteroatoms. The predicted molar refractivity (Wildman–Crippen MR) is 77.1 cm³/mol. The minimum Gasteiger partial charge on any atom is -0.301 e. The van der Waals surface area contributed by atoms with Gasteiger partial charge in [-0.25, -0.2) is 8.42 Å². The van der Waals surface area contributed by atoms with Crippen LogP contribution in [0.3, 0.4) is 0 Å². The Morgan fingerprint density at radius 1 is 1.00 bits per heavy atom. The lowest BCUT2D eigenvalue weighted by Crippen LogP contribution is -2.06. The highest BCUT2D eigenvalue weighted by Gasteiger charge is 2.18. The molecule has 0 aliphatic heterocycles. The average Bonchev–Trinajstić information content (AvgIpc) is 2.80. The third-order valence-electron chi connectivity index (χ3n) is 3.17. The van der Waals surface area contributed by atoms with Crippen LogP contribution in [0, 0.1) is 0 Å². The van der Waals surface area contributed by atoms with E-state index in [9.17, 15) is 8.42 Å². The lowest BCUT2D eigenvalue weighted by Gasteiger charge is -2.04. The summed E-state index contributed by atoms with van der Waals surface area (Å²) < 4.78 is 24.7. The van der Waals surface area contributed by atoms with Gasteiger partial charge in [0.2, 0.25) is 15.0 Å². The normalized spacial score (nSPS) is 11.9. The van der Waals surface area contributed by atoms with E-state index in [0.717, 1.165) is 22.6 Å². The average molecular weight is 287 g/mol. The molecule has 0 N–H and O–H groups in total. The van der Waals surface area contributed by atoms with Crippen LogP contribution in [-0.4, -0.2) is 29.4 Å². The third-order valence-corrected chi connectivity index (χ3v) is 4.19. The summed E-state index contributed by atoms with van der Waals surface area (Å²) in [6.07, 6.45) is 1.13. The molecule has 0 fully saturated rings. The first-order valence-corrected chi connectivity index (χ1v) is 7.94. The van der Waals surface area contributed by atoms with E-state index in [1.54, 1.807) is 7.05 Å². The maximum absolute atomic E-state index is 11.6. The molecule has 3 aromatic rings. The van der Waals surface area contributed by atoms with Gasteiger partial charge in [0.05, 0.1) is 0 Å². The van der Waals surface area contributed by atoms with Crippen molar-refractivity contribution in [2.45, 2.75) is 5.16 Å². The van der Waals surface area contributed by atoms with E-state index >= 15 is 0 Å². The topological polar surface area (TPSA) is 64.8 Å². The molecule has 0 atom stereocenters. The second-order valence-corrected chi connectivity index (χ2v) is 6.61. The van der Waals surface area contributed by atoms with Crippen molar-refractivity contribution in [3.63, 3.8) is 0 Å². The highest BCUT2D eigenvalue weighted by Crippen LogP contribution is 2.24. The fourth-order valence-electron chi connectivity index (χ4n) is 2.22. The zero-order valence-electron chi connectivity index (χ0n) is 11.1. The molecular weight excluding hydrogens is 274 g/mol. The molecule has 0 aliphatic carbocycles. The van der Waals surface area contributed by atoms with Gasteiger partial charge in [-0.15, -0.1) is 10.2 Å². The maximum atomic E-state index is 11.6. The Morgan fingerprint density at radius 3 is 2.35 bits per heavy atom. The number of benzene rings is 2. The molecule has 0 saturated carbocycles. The van der Waals surface area contributed by atoms with Crippen molar-refractivity contribution in [1.29, 1.82) is 0 Å². The third kappa shape index (κ3) is 2.08. The van der Waals surface area contributed by atoms with Crippen molar-refractivity contribution >= 4 is 20.6 Å². The van der Waals surface area contributed by atoms with Gasteiger partial charge in [0, 0.05) is 18.9 Å². The van der Waals surface area contributed by atoms with Gasteiger partial charge in [-0.3, -0.25) is 0 Å². The molecular formula is C14H13N3O2S. The Bertz CT molecular complexity index is 898. The number of sulfone groups is 1. The summed E-state index contributed by atoms with van der Waals surface area (Å²) in [5.41, 5.74) is 0.841. The van der Waals surface area contributed by atoms with Gasteiger partial charge in [0.1, 0.15) is 0 Å². The fraction of sp³-hybridized carbons (Fsp3) is 0.143. The zero-order valence-corrected chi connectivity index (χ0v) is 11.9. The van der Waals surface area contributed by atoms with Crippen molar-refractivity contribution in [2.24, 2.45) is 7.05 Å². The molecule has 2 aromatic carbocycles. The van der Waals surface area contributed by atoms with Crippen molar-refractivity contribution in [2.75, 3.05) is 6.26 Å².